The van der Waals surface area contributed by atoms with Crippen molar-refractivity contribution in [3.05, 3.63) is 41.7 Å². The SMILES string of the molecule is Cc1ccccc1CNc1nc(N)nc2[nH]cnc12. The Morgan fingerprint density at radius 2 is 2.11 bits per heavy atom. The molecule has 0 radical (unpaired) electrons. The summed E-state index contributed by atoms with van der Waals surface area (Å²) in [6.45, 7) is 2.75. The van der Waals surface area contributed by atoms with E-state index in [0.29, 0.717) is 23.5 Å². The molecule has 1 aromatic carbocycles. The molecule has 0 bridgehead atoms. The molecule has 2 aromatic heterocycles. The summed E-state index contributed by atoms with van der Waals surface area (Å²) in [5.74, 6) is 0.871. The van der Waals surface area contributed by atoms with Gasteiger partial charge in [-0.2, -0.15) is 9.97 Å². The maximum Gasteiger partial charge on any atom is 0.224 e. The maximum absolute atomic E-state index is 5.67. The number of H-pyrrole nitrogens is 1. The Morgan fingerprint density at radius 3 is 2.95 bits per heavy atom. The van der Waals surface area contributed by atoms with Gasteiger partial charge in [0.2, 0.25) is 5.95 Å². The number of imidazole rings is 1. The van der Waals surface area contributed by atoms with Gasteiger partial charge in [-0.05, 0) is 18.1 Å². The largest absolute Gasteiger partial charge is 0.368 e. The summed E-state index contributed by atoms with van der Waals surface area (Å²) in [6, 6.07) is 8.19. The third-order valence-corrected chi connectivity index (χ3v) is 3.00. The number of nitrogens with one attached hydrogen (secondary N) is 2. The summed E-state index contributed by atoms with van der Waals surface area (Å²) in [5, 5.41) is 3.26. The Kier molecular flexibility index (Phi) is 2.75. The monoisotopic (exact) mass is 254 g/mol. The van der Waals surface area contributed by atoms with Crippen LogP contribution in [-0.4, -0.2) is 19.9 Å². The van der Waals surface area contributed by atoms with Gasteiger partial charge in [0.25, 0.3) is 0 Å². The van der Waals surface area contributed by atoms with Crippen molar-refractivity contribution < 1.29 is 0 Å². The number of fused-ring (bicyclic) bond motifs is 1. The minimum Gasteiger partial charge on any atom is -0.368 e. The summed E-state index contributed by atoms with van der Waals surface area (Å²) in [4.78, 5) is 15.4. The van der Waals surface area contributed by atoms with E-state index in [1.807, 2.05) is 12.1 Å². The second kappa shape index (κ2) is 4.56. The molecule has 4 N–H and O–H groups in total. The van der Waals surface area contributed by atoms with Crippen molar-refractivity contribution in [2.75, 3.05) is 11.1 Å². The van der Waals surface area contributed by atoms with Gasteiger partial charge in [0.15, 0.2) is 11.5 Å². The molecule has 0 saturated heterocycles. The third kappa shape index (κ3) is 2.20. The van der Waals surface area contributed by atoms with Gasteiger partial charge in [-0.25, -0.2) is 4.98 Å². The molecule has 0 aliphatic rings. The Morgan fingerprint density at radius 1 is 1.26 bits per heavy atom. The molecule has 96 valence electrons. The molecule has 0 saturated carbocycles. The van der Waals surface area contributed by atoms with Gasteiger partial charge in [-0.3, -0.25) is 0 Å². The lowest BCUT2D eigenvalue weighted by Gasteiger charge is -2.08. The van der Waals surface area contributed by atoms with Crippen LogP contribution in [0.15, 0.2) is 30.6 Å². The first-order valence-electron chi connectivity index (χ1n) is 5.99. The molecule has 0 unspecified atom stereocenters. The van der Waals surface area contributed by atoms with Crippen LogP contribution >= 0.6 is 0 Å². The molecule has 6 heteroatoms. The summed E-state index contributed by atoms with van der Waals surface area (Å²) in [6.07, 6.45) is 1.58. The van der Waals surface area contributed by atoms with Gasteiger partial charge in [0.1, 0.15) is 5.52 Å². The number of hydrogen-bond donors (Lipinski definition) is 3. The Labute approximate surface area is 110 Å². The fourth-order valence-corrected chi connectivity index (χ4v) is 1.96. The van der Waals surface area contributed by atoms with Gasteiger partial charge in [-0.1, -0.05) is 24.3 Å². The van der Waals surface area contributed by atoms with E-state index in [1.54, 1.807) is 6.33 Å². The Bertz CT molecular complexity index is 718. The van der Waals surface area contributed by atoms with E-state index in [2.05, 4.69) is 44.3 Å². The van der Waals surface area contributed by atoms with Crippen LogP contribution in [0.2, 0.25) is 0 Å². The zero-order chi connectivity index (χ0) is 13.2. The van der Waals surface area contributed by atoms with E-state index in [9.17, 15) is 0 Å². The number of aromatic nitrogens is 4. The number of benzene rings is 1. The average Bonchev–Trinajstić information content (AvgIpc) is 2.85. The van der Waals surface area contributed by atoms with Gasteiger partial charge in [0.05, 0.1) is 6.33 Å². The van der Waals surface area contributed by atoms with E-state index in [-0.39, 0.29) is 5.95 Å². The topological polar surface area (TPSA) is 92.5 Å². The van der Waals surface area contributed by atoms with Crippen molar-refractivity contribution in [2.45, 2.75) is 13.5 Å². The van der Waals surface area contributed by atoms with E-state index in [0.717, 1.165) is 0 Å². The molecule has 0 aliphatic carbocycles. The van der Waals surface area contributed by atoms with Crippen molar-refractivity contribution in [1.82, 2.24) is 19.9 Å². The highest BCUT2D eigenvalue weighted by Gasteiger charge is 2.08. The predicted octanol–water partition coefficient (Wildman–Crippen LogP) is 1.86. The quantitative estimate of drug-likeness (QED) is 0.663. The van der Waals surface area contributed by atoms with E-state index in [1.165, 1.54) is 11.1 Å². The molecule has 0 aliphatic heterocycles. The highest BCUT2D eigenvalue weighted by atomic mass is 15.1. The van der Waals surface area contributed by atoms with E-state index in [4.69, 9.17) is 5.73 Å². The lowest BCUT2D eigenvalue weighted by molar-refractivity contribution is 1.08. The predicted molar refractivity (Wildman–Crippen MR) is 74.6 cm³/mol. The molecule has 0 amide bonds. The lowest BCUT2D eigenvalue weighted by Crippen LogP contribution is -2.06. The Balaban J connectivity index is 1.90. The normalized spacial score (nSPS) is 10.8. The minimum atomic E-state index is 0.226. The summed E-state index contributed by atoms with van der Waals surface area (Å²) in [7, 11) is 0. The van der Waals surface area contributed by atoms with Crippen LogP contribution in [0, 0.1) is 6.92 Å². The number of nitrogen functional groups attached to an aromatic ring is 1. The zero-order valence-electron chi connectivity index (χ0n) is 10.5. The maximum atomic E-state index is 5.67. The van der Waals surface area contributed by atoms with Crippen LogP contribution in [0.1, 0.15) is 11.1 Å². The first-order valence-corrected chi connectivity index (χ1v) is 5.99. The number of rotatable bonds is 3. The molecule has 6 nitrogen and oxygen atoms in total. The minimum absolute atomic E-state index is 0.226. The summed E-state index contributed by atoms with van der Waals surface area (Å²) < 4.78 is 0. The molecule has 0 atom stereocenters. The fourth-order valence-electron chi connectivity index (χ4n) is 1.96. The first kappa shape index (κ1) is 11.5. The molecular formula is C13H14N6. The van der Waals surface area contributed by atoms with Crippen molar-refractivity contribution in [3.63, 3.8) is 0 Å². The first-order chi connectivity index (χ1) is 9.24. The number of hydrogen-bond acceptors (Lipinski definition) is 5. The van der Waals surface area contributed by atoms with Crippen molar-refractivity contribution >= 4 is 22.9 Å². The molecule has 19 heavy (non-hydrogen) atoms. The number of nitrogens with zero attached hydrogens (tertiary/aromatic N) is 3. The highest BCUT2D eigenvalue weighted by molar-refractivity contribution is 5.83. The fraction of sp³-hybridized carbons (Fsp3) is 0.154. The van der Waals surface area contributed by atoms with Gasteiger partial charge >= 0.3 is 0 Å². The lowest BCUT2D eigenvalue weighted by atomic mass is 10.1. The Hall–Kier alpha value is -2.63. The molecule has 2 heterocycles. The number of anilines is 2. The average molecular weight is 254 g/mol. The summed E-state index contributed by atoms with van der Waals surface area (Å²) >= 11 is 0. The number of aromatic amines is 1. The summed E-state index contributed by atoms with van der Waals surface area (Å²) in [5.41, 5.74) is 9.45. The molecular weight excluding hydrogens is 240 g/mol. The van der Waals surface area contributed by atoms with Crippen LogP contribution in [0.5, 0.6) is 0 Å². The molecule has 0 spiro atoms. The van der Waals surface area contributed by atoms with Crippen LogP contribution in [-0.2, 0) is 6.54 Å². The van der Waals surface area contributed by atoms with Gasteiger partial charge in [-0.15, -0.1) is 0 Å². The molecule has 3 rings (SSSR count). The molecule has 3 aromatic rings. The van der Waals surface area contributed by atoms with Crippen LogP contribution in [0.4, 0.5) is 11.8 Å². The highest BCUT2D eigenvalue weighted by Crippen LogP contribution is 2.18. The van der Waals surface area contributed by atoms with Crippen molar-refractivity contribution in [3.8, 4) is 0 Å². The van der Waals surface area contributed by atoms with E-state index >= 15 is 0 Å². The van der Waals surface area contributed by atoms with Crippen molar-refractivity contribution in [1.29, 1.82) is 0 Å². The number of aryl methyl sites for hydroxylation is 1. The second-order valence-corrected chi connectivity index (χ2v) is 4.31. The van der Waals surface area contributed by atoms with Gasteiger partial charge in [0, 0.05) is 6.54 Å². The number of nitrogens with two attached hydrogens (primary N) is 1. The zero-order valence-corrected chi connectivity index (χ0v) is 10.5. The molecule has 0 fully saturated rings. The second-order valence-electron chi connectivity index (χ2n) is 4.31. The van der Waals surface area contributed by atoms with Crippen LogP contribution in [0.25, 0.3) is 11.2 Å². The van der Waals surface area contributed by atoms with E-state index < -0.39 is 0 Å². The van der Waals surface area contributed by atoms with Crippen LogP contribution in [0.3, 0.4) is 0 Å². The standard InChI is InChI=1S/C13H14N6/c1-8-4-2-3-5-9(8)6-15-11-10-12(17-7-16-10)19-13(14)18-11/h2-5,7H,6H2,1H3,(H4,14,15,16,17,18,19). The van der Waals surface area contributed by atoms with Crippen molar-refractivity contribution in [2.24, 2.45) is 0 Å². The smallest absolute Gasteiger partial charge is 0.224 e. The van der Waals surface area contributed by atoms with Gasteiger partial charge < -0.3 is 16.0 Å². The van der Waals surface area contributed by atoms with Crippen LogP contribution < -0.4 is 11.1 Å². The third-order valence-electron chi connectivity index (χ3n) is 3.00.